The van der Waals surface area contributed by atoms with Crippen LogP contribution in [0.4, 0.5) is 0 Å². The zero-order valence-electron chi connectivity index (χ0n) is 19.1. The standard InChI is InChI=1S/C29H31N2/c1-19-15-20(2)21(3)27(16-19)29-26-11-9-24(17-23(26)13-14-31(29)4)28-12-10-25(18-30-28)22-7-5-6-8-22/h9-18,22H,5-8H2,1-4H3/q+1. The van der Waals surface area contributed by atoms with Crippen LogP contribution < -0.4 is 4.57 Å². The number of hydrogen-bond acceptors (Lipinski definition) is 1. The summed E-state index contributed by atoms with van der Waals surface area (Å²) in [4.78, 5) is 4.83. The van der Waals surface area contributed by atoms with E-state index in [0.717, 1.165) is 5.69 Å². The third-order valence-corrected chi connectivity index (χ3v) is 7.11. The van der Waals surface area contributed by atoms with Crippen LogP contribution in [-0.2, 0) is 7.05 Å². The minimum absolute atomic E-state index is 0.710. The van der Waals surface area contributed by atoms with Crippen molar-refractivity contribution in [1.82, 2.24) is 4.98 Å². The van der Waals surface area contributed by atoms with Crippen LogP contribution in [0, 0.1) is 20.8 Å². The lowest BCUT2D eigenvalue weighted by molar-refractivity contribution is -0.659. The van der Waals surface area contributed by atoms with Gasteiger partial charge in [0.25, 0.3) is 0 Å². The first-order valence-corrected chi connectivity index (χ1v) is 11.5. The van der Waals surface area contributed by atoms with Crippen LogP contribution in [0.5, 0.6) is 0 Å². The molecule has 0 unspecified atom stereocenters. The van der Waals surface area contributed by atoms with Crippen LogP contribution in [0.25, 0.3) is 33.3 Å². The van der Waals surface area contributed by atoms with Gasteiger partial charge in [0, 0.05) is 17.8 Å². The molecule has 0 aliphatic heterocycles. The molecule has 2 aromatic heterocycles. The molecule has 0 saturated heterocycles. The predicted octanol–water partition coefficient (Wildman–Crippen LogP) is 6.98. The van der Waals surface area contributed by atoms with E-state index in [9.17, 15) is 0 Å². The van der Waals surface area contributed by atoms with Crippen molar-refractivity contribution in [3.05, 3.63) is 83.2 Å². The molecule has 1 saturated carbocycles. The molecular formula is C29H31N2+. The predicted molar refractivity (Wildman–Crippen MR) is 129 cm³/mol. The van der Waals surface area contributed by atoms with Crippen molar-refractivity contribution in [3.8, 4) is 22.5 Å². The first-order chi connectivity index (χ1) is 15.0. The molecule has 31 heavy (non-hydrogen) atoms. The van der Waals surface area contributed by atoms with Crippen LogP contribution in [-0.4, -0.2) is 4.98 Å². The number of rotatable bonds is 3. The fourth-order valence-electron chi connectivity index (χ4n) is 5.23. The van der Waals surface area contributed by atoms with Gasteiger partial charge in [0.1, 0.15) is 7.05 Å². The van der Waals surface area contributed by atoms with Gasteiger partial charge in [-0.05, 0) is 85.9 Å². The third-order valence-electron chi connectivity index (χ3n) is 7.11. The van der Waals surface area contributed by atoms with Gasteiger partial charge in [0.15, 0.2) is 6.20 Å². The largest absolute Gasteiger partial charge is 0.256 e. The van der Waals surface area contributed by atoms with Gasteiger partial charge in [-0.1, -0.05) is 36.6 Å². The molecule has 0 atom stereocenters. The van der Waals surface area contributed by atoms with Crippen LogP contribution >= 0.6 is 0 Å². The van der Waals surface area contributed by atoms with Crippen molar-refractivity contribution in [3.63, 3.8) is 0 Å². The lowest BCUT2D eigenvalue weighted by Gasteiger charge is -2.12. The number of aryl methyl sites for hydroxylation is 3. The molecule has 0 radical (unpaired) electrons. The van der Waals surface area contributed by atoms with Crippen LogP contribution in [0.15, 0.2) is 60.9 Å². The van der Waals surface area contributed by atoms with Crippen LogP contribution in [0.2, 0.25) is 0 Å². The van der Waals surface area contributed by atoms with Crippen molar-refractivity contribution < 1.29 is 4.57 Å². The number of fused-ring (bicyclic) bond motifs is 1. The van der Waals surface area contributed by atoms with Crippen LogP contribution in [0.3, 0.4) is 0 Å². The molecule has 2 heterocycles. The highest BCUT2D eigenvalue weighted by molar-refractivity contribution is 5.96. The van der Waals surface area contributed by atoms with Crippen molar-refractivity contribution >= 4 is 10.8 Å². The number of hydrogen-bond donors (Lipinski definition) is 0. The van der Waals surface area contributed by atoms with E-state index in [4.69, 9.17) is 4.98 Å². The summed E-state index contributed by atoms with van der Waals surface area (Å²) in [6.07, 6.45) is 9.62. The number of benzene rings is 2. The van der Waals surface area contributed by atoms with Gasteiger partial charge >= 0.3 is 0 Å². The Bertz CT molecular complexity index is 1260. The second-order valence-electron chi connectivity index (χ2n) is 9.29. The minimum Gasteiger partial charge on any atom is -0.256 e. The molecule has 5 rings (SSSR count). The van der Waals surface area contributed by atoms with Gasteiger partial charge in [0.05, 0.1) is 16.6 Å². The zero-order valence-corrected chi connectivity index (χ0v) is 19.1. The Kier molecular flexibility index (Phi) is 5.09. The zero-order chi connectivity index (χ0) is 21.5. The maximum atomic E-state index is 4.83. The fourth-order valence-corrected chi connectivity index (χ4v) is 5.23. The maximum Gasteiger partial charge on any atom is 0.220 e. The summed E-state index contributed by atoms with van der Waals surface area (Å²) in [6, 6.07) is 18.1. The van der Waals surface area contributed by atoms with Gasteiger partial charge < -0.3 is 0 Å². The van der Waals surface area contributed by atoms with E-state index in [0.29, 0.717) is 5.92 Å². The van der Waals surface area contributed by atoms with Crippen molar-refractivity contribution in [2.45, 2.75) is 52.4 Å². The SMILES string of the molecule is Cc1cc(C)c(C)c(-c2c3ccc(-c4ccc(C5CCCC5)cn4)cc3cc[n+]2C)c1. The molecule has 2 heteroatoms. The number of nitrogens with zero attached hydrogens (tertiary/aromatic N) is 2. The summed E-state index contributed by atoms with van der Waals surface area (Å²) >= 11 is 0. The Labute approximate surface area is 185 Å². The van der Waals surface area contributed by atoms with Crippen LogP contribution in [0.1, 0.15) is 53.9 Å². The van der Waals surface area contributed by atoms with Crippen molar-refractivity contribution in [1.29, 1.82) is 0 Å². The number of pyridine rings is 2. The van der Waals surface area contributed by atoms with Gasteiger partial charge in [0.2, 0.25) is 5.69 Å². The lowest BCUT2D eigenvalue weighted by Crippen LogP contribution is -2.30. The summed E-state index contributed by atoms with van der Waals surface area (Å²) < 4.78 is 2.25. The van der Waals surface area contributed by atoms with E-state index in [1.807, 2.05) is 0 Å². The Morgan fingerprint density at radius 3 is 2.45 bits per heavy atom. The van der Waals surface area contributed by atoms with E-state index in [1.165, 1.54) is 75.5 Å². The molecule has 4 aromatic rings. The minimum atomic E-state index is 0.710. The van der Waals surface area contributed by atoms with E-state index >= 15 is 0 Å². The topological polar surface area (TPSA) is 16.8 Å². The summed E-state index contributed by atoms with van der Waals surface area (Å²) in [7, 11) is 2.14. The average Bonchev–Trinajstić information content (AvgIpc) is 3.31. The molecule has 2 nitrogen and oxygen atoms in total. The molecule has 2 aromatic carbocycles. The normalized spacial score (nSPS) is 14.5. The maximum absolute atomic E-state index is 4.83. The Morgan fingerprint density at radius 1 is 0.903 bits per heavy atom. The first kappa shape index (κ1) is 19.9. The van der Waals surface area contributed by atoms with Gasteiger partial charge in [-0.3, -0.25) is 4.98 Å². The summed E-state index contributed by atoms with van der Waals surface area (Å²) in [5, 5.41) is 2.54. The van der Waals surface area contributed by atoms with E-state index in [1.54, 1.807) is 0 Å². The second kappa shape index (κ2) is 7.92. The number of aromatic nitrogens is 2. The summed E-state index contributed by atoms with van der Waals surface area (Å²) in [5.41, 5.74) is 10.2. The smallest absolute Gasteiger partial charge is 0.220 e. The molecule has 1 aliphatic rings. The highest BCUT2D eigenvalue weighted by atomic mass is 14.9. The summed E-state index contributed by atoms with van der Waals surface area (Å²) in [5.74, 6) is 0.710. The fraction of sp³-hybridized carbons (Fsp3) is 0.310. The highest BCUT2D eigenvalue weighted by Crippen LogP contribution is 2.35. The van der Waals surface area contributed by atoms with Gasteiger partial charge in [-0.15, -0.1) is 0 Å². The molecule has 0 amide bonds. The summed E-state index contributed by atoms with van der Waals surface area (Å²) in [6.45, 7) is 6.61. The van der Waals surface area contributed by atoms with Crippen molar-refractivity contribution in [2.24, 2.45) is 7.05 Å². The Balaban J connectivity index is 1.58. The van der Waals surface area contributed by atoms with Gasteiger partial charge in [-0.25, -0.2) is 4.57 Å². The Morgan fingerprint density at radius 2 is 1.71 bits per heavy atom. The lowest BCUT2D eigenvalue weighted by atomic mass is 9.93. The van der Waals surface area contributed by atoms with E-state index in [2.05, 4.69) is 93.3 Å². The highest BCUT2D eigenvalue weighted by Gasteiger charge is 2.20. The molecule has 0 bridgehead atoms. The average molecular weight is 408 g/mol. The third kappa shape index (κ3) is 3.65. The van der Waals surface area contributed by atoms with Gasteiger partial charge in [-0.2, -0.15) is 0 Å². The van der Waals surface area contributed by atoms with E-state index < -0.39 is 0 Å². The first-order valence-electron chi connectivity index (χ1n) is 11.5. The Hall–Kier alpha value is -3.00. The molecule has 1 aliphatic carbocycles. The van der Waals surface area contributed by atoms with Crippen molar-refractivity contribution in [2.75, 3.05) is 0 Å². The molecule has 156 valence electrons. The molecule has 0 spiro atoms. The molecule has 1 fully saturated rings. The molecular weight excluding hydrogens is 376 g/mol. The molecule has 0 N–H and O–H groups in total. The van der Waals surface area contributed by atoms with E-state index in [-0.39, 0.29) is 0 Å². The monoisotopic (exact) mass is 407 g/mol. The second-order valence-corrected chi connectivity index (χ2v) is 9.29. The quantitative estimate of drug-likeness (QED) is 0.335.